The highest BCUT2D eigenvalue weighted by atomic mass is 35.5. The summed E-state index contributed by atoms with van der Waals surface area (Å²) >= 11 is 37.8. The van der Waals surface area contributed by atoms with E-state index in [2.05, 4.69) is 0 Å². The molecule has 35 heavy (non-hydrogen) atoms. The third-order valence-electron chi connectivity index (χ3n) is 5.32. The molecule has 0 radical (unpaired) electrons. The highest BCUT2D eigenvalue weighted by molar-refractivity contribution is 6.44. The first-order chi connectivity index (χ1) is 16.4. The van der Waals surface area contributed by atoms with Gasteiger partial charge in [0.2, 0.25) is 5.43 Å². The third-order valence-corrected chi connectivity index (χ3v) is 7.28. The van der Waals surface area contributed by atoms with E-state index >= 15 is 0 Å². The predicted octanol–water partition coefficient (Wildman–Crippen LogP) is 8.48. The Morgan fingerprint density at radius 1 is 0.886 bits per heavy atom. The first-order valence-electron chi connectivity index (χ1n) is 9.64. The molecular weight excluding hydrogens is 585 g/mol. The SMILES string of the molecule is CCC(=O)c1cc(Cl)c(C(=O)O)c(-c2c3cc(Cl)c(=O)c(Cl)c-3oc3c(Cl)c(O)c(Cl)cc23)c1Cl. The zero-order valence-electron chi connectivity index (χ0n) is 17.2. The number of benzene rings is 3. The minimum absolute atomic E-state index is 0.0175. The minimum Gasteiger partial charge on any atom is -0.505 e. The minimum atomic E-state index is -1.46. The molecule has 0 saturated heterocycles. The Balaban J connectivity index is 2.40. The van der Waals surface area contributed by atoms with E-state index in [9.17, 15) is 24.6 Å². The fourth-order valence-corrected chi connectivity index (χ4v) is 5.35. The van der Waals surface area contributed by atoms with Gasteiger partial charge in [-0.05, 0) is 18.2 Å². The maximum Gasteiger partial charge on any atom is 0.337 e. The second-order valence-corrected chi connectivity index (χ2v) is 9.66. The molecule has 4 rings (SSSR count). The molecule has 2 aliphatic rings. The van der Waals surface area contributed by atoms with E-state index in [4.69, 9.17) is 74.0 Å². The maximum atomic E-state index is 12.6. The molecule has 0 saturated carbocycles. The topological polar surface area (TPSA) is 105 Å². The van der Waals surface area contributed by atoms with Gasteiger partial charge < -0.3 is 14.6 Å². The van der Waals surface area contributed by atoms with Crippen LogP contribution in [0.1, 0.15) is 34.1 Å². The van der Waals surface area contributed by atoms with Crippen molar-refractivity contribution in [1.82, 2.24) is 0 Å². The molecule has 180 valence electrons. The molecule has 0 atom stereocenters. The third kappa shape index (κ3) is 4.02. The summed E-state index contributed by atoms with van der Waals surface area (Å²) in [7, 11) is 0. The first kappa shape index (κ1) is 25.9. The normalized spacial score (nSPS) is 11.4. The Hall–Kier alpha value is -2.19. The molecule has 0 spiro atoms. The van der Waals surface area contributed by atoms with Gasteiger partial charge in [0.05, 0.1) is 25.7 Å². The highest BCUT2D eigenvalue weighted by Gasteiger charge is 2.32. The average Bonchev–Trinajstić information content (AvgIpc) is 2.81. The number of rotatable bonds is 4. The first-order valence-corrected chi connectivity index (χ1v) is 11.9. The van der Waals surface area contributed by atoms with Crippen molar-refractivity contribution in [2.24, 2.45) is 0 Å². The number of carbonyl (C=O) groups excluding carboxylic acids is 1. The number of carboxylic acids is 1. The number of phenolic OH excluding ortho intramolecular Hbond substituents is 1. The molecule has 0 aromatic heterocycles. The Bertz CT molecular complexity index is 1620. The van der Waals surface area contributed by atoms with Crippen molar-refractivity contribution in [2.45, 2.75) is 13.3 Å². The lowest BCUT2D eigenvalue weighted by atomic mass is 9.88. The molecule has 1 heterocycles. The van der Waals surface area contributed by atoms with Crippen LogP contribution in [0.4, 0.5) is 0 Å². The molecule has 2 N–H and O–H groups in total. The number of carboxylic acid groups (broad SMARTS) is 1. The van der Waals surface area contributed by atoms with Crippen LogP contribution < -0.4 is 5.43 Å². The number of hydrogen-bond donors (Lipinski definition) is 2. The largest absolute Gasteiger partial charge is 0.505 e. The Kier molecular flexibility index (Phi) is 6.92. The molecular formula is C23H10Cl6O6. The van der Waals surface area contributed by atoms with Crippen LogP contribution in [0.15, 0.2) is 27.4 Å². The number of halogens is 6. The van der Waals surface area contributed by atoms with Crippen molar-refractivity contribution in [3.05, 3.63) is 69.7 Å². The van der Waals surface area contributed by atoms with Crippen molar-refractivity contribution >= 4 is 92.3 Å². The second-order valence-electron chi connectivity index (χ2n) is 7.30. The number of carbonyl (C=O) groups is 2. The van der Waals surface area contributed by atoms with E-state index in [1.807, 2.05) is 0 Å². The van der Waals surface area contributed by atoms with Crippen LogP contribution in [0.25, 0.3) is 33.4 Å². The Labute approximate surface area is 226 Å². The van der Waals surface area contributed by atoms with Crippen LogP contribution in [-0.2, 0) is 0 Å². The van der Waals surface area contributed by atoms with Gasteiger partial charge in [-0.15, -0.1) is 0 Å². The Morgan fingerprint density at radius 2 is 1.54 bits per heavy atom. The molecule has 0 unspecified atom stereocenters. The molecule has 0 fully saturated rings. The van der Waals surface area contributed by atoms with Crippen LogP contribution in [0.3, 0.4) is 0 Å². The fraction of sp³-hybridized carbons (Fsp3) is 0.0870. The molecule has 2 aromatic carbocycles. The van der Waals surface area contributed by atoms with Gasteiger partial charge in [0.1, 0.15) is 10.0 Å². The highest BCUT2D eigenvalue weighted by Crippen LogP contribution is 2.51. The smallest absolute Gasteiger partial charge is 0.337 e. The number of hydrogen-bond acceptors (Lipinski definition) is 5. The van der Waals surface area contributed by atoms with Gasteiger partial charge in [0, 0.05) is 34.1 Å². The van der Waals surface area contributed by atoms with Crippen LogP contribution in [-0.4, -0.2) is 22.0 Å². The molecule has 1 aliphatic carbocycles. The van der Waals surface area contributed by atoms with E-state index in [0.29, 0.717) is 0 Å². The fourth-order valence-electron chi connectivity index (χ4n) is 3.73. The zero-order chi connectivity index (χ0) is 25.9. The number of aromatic hydroxyl groups is 1. The van der Waals surface area contributed by atoms with Gasteiger partial charge in [-0.25, -0.2) is 4.79 Å². The monoisotopic (exact) mass is 592 g/mol. The van der Waals surface area contributed by atoms with Crippen molar-refractivity contribution in [3.63, 3.8) is 0 Å². The van der Waals surface area contributed by atoms with Crippen LogP contribution in [0, 0.1) is 0 Å². The summed E-state index contributed by atoms with van der Waals surface area (Å²) in [4.78, 5) is 37.4. The number of fused-ring (bicyclic) bond motifs is 2. The maximum absolute atomic E-state index is 12.6. The van der Waals surface area contributed by atoms with Gasteiger partial charge in [0.15, 0.2) is 22.9 Å². The summed E-state index contributed by atoms with van der Waals surface area (Å²) in [5.74, 6) is -2.61. The van der Waals surface area contributed by atoms with Gasteiger partial charge in [-0.2, -0.15) is 0 Å². The quantitative estimate of drug-likeness (QED) is 0.181. The van der Waals surface area contributed by atoms with Gasteiger partial charge in [0.25, 0.3) is 0 Å². The van der Waals surface area contributed by atoms with Gasteiger partial charge >= 0.3 is 5.97 Å². The van der Waals surface area contributed by atoms with E-state index in [1.165, 1.54) is 18.2 Å². The summed E-state index contributed by atoms with van der Waals surface area (Å²) in [5.41, 5.74) is -1.53. The van der Waals surface area contributed by atoms with Crippen molar-refractivity contribution in [2.75, 3.05) is 0 Å². The predicted molar refractivity (Wildman–Crippen MR) is 138 cm³/mol. The zero-order valence-corrected chi connectivity index (χ0v) is 21.8. The van der Waals surface area contributed by atoms with E-state index in [0.717, 1.165) is 0 Å². The molecule has 0 bridgehead atoms. The lowest BCUT2D eigenvalue weighted by molar-refractivity contribution is 0.0697. The molecule has 1 aliphatic heterocycles. The van der Waals surface area contributed by atoms with E-state index in [-0.39, 0.29) is 70.5 Å². The molecule has 0 amide bonds. The number of ketones is 1. The van der Waals surface area contributed by atoms with Crippen LogP contribution in [0.2, 0.25) is 30.1 Å². The molecule has 6 nitrogen and oxygen atoms in total. The molecule has 12 heteroatoms. The summed E-state index contributed by atoms with van der Waals surface area (Å²) in [6.07, 6.45) is 0.0518. The summed E-state index contributed by atoms with van der Waals surface area (Å²) in [6, 6.07) is 3.64. The summed E-state index contributed by atoms with van der Waals surface area (Å²) < 4.78 is 5.78. The molecule has 2 aromatic rings. The van der Waals surface area contributed by atoms with E-state index < -0.39 is 33.5 Å². The standard InChI is InChI=1S/C23H10Cl6O6/c1-2-12(30)6-3-9(24)14(23(33)34)15(16(6)27)13-7-4-10(25)19(31)17(28)21(7)35-22-8(13)5-11(26)20(32)18(22)29/h3-5,31H,2H2,1H3,(H,33,34). The van der Waals surface area contributed by atoms with Crippen LogP contribution >= 0.6 is 69.6 Å². The Morgan fingerprint density at radius 3 is 2.14 bits per heavy atom. The van der Waals surface area contributed by atoms with E-state index in [1.54, 1.807) is 6.92 Å². The summed E-state index contributed by atoms with van der Waals surface area (Å²) in [5, 5.41) is 18.6. The van der Waals surface area contributed by atoms with Gasteiger partial charge in [-0.3, -0.25) is 9.59 Å². The lowest BCUT2D eigenvalue weighted by Crippen LogP contribution is -2.10. The van der Waals surface area contributed by atoms with Gasteiger partial charge in [-0.1, -0.05) is 76.5 Å². The second kappa shape index (κ2) is 9.36. The lowest BCUT2D eigenvalue weighted by Gasteiger charge is -2.21. The van der Waals surface area contributed by atoms with Crippen LogP contribution in [0.5, 0.6) is 5.75 Å². The summed E-state index contributed by atoms with van der Waals surface area (Å²) in [6.45, 7) is 1.60. The van der Waals surface area contributed by atoms with Crippen molar-refractivity contribution < 1.29 is 24.2 Å². The van der Waals surface area contributed by atoms with Crippen molar-refractivity contribution in [3.8, 4) is 28.2 Å². The number of phenols is 1. The van der Waals surface area contributed by atoms with Crippen molar-refractivity contribution in [1.29, 1.82) is 0 Å². The average molecular weight is 595 g/mol. The number of aromatic carboxylic acids is 1. The number of Topliss-reactive ketones (excluding diaryl/α,β-unsaturated/α-hetero) is 1.